The number of pyridine rings is 1. The summed E-state index contributed by atoms with van der Waals surface area (Å²) in [6.07, 6.45) is 1.51. The quantitative estimate of drug-likeness (QED) is 0.669. The van der Waals surface area contributed by atoms with Gasteiger partial charge in [-0.1, -0.05) is 6.07 Å². The molecular weight excluding hydrogens is 197 g/mol. The monoisotopic (exact) mass is 205 g/mol. The topological polar surface area (TPSA) is 39.2 Å². The molecule has 0 fully saturated rings. The fraction of sp³-hybridized carbons (Fsp3) is 0.0909. The van der Waals surface area contributed by atoms with Crippen molar-refractivity contribution in [3.8, 4) is 0 Å². The molecule has 0 spiro atoms. The molecule has 0 bridgehead atoms. The van der Waals surface area contributed by atoms with Crippen LogP contribution in [0.25, 0.3) is 10.9 Å². The number of rotatable bonds is 1. The fourth-order valence-electron chi connectivity index (χ4n) is 1.42. The number of methoxy groups -OCH3 is 1. The van der Waals surface area contributed by atoms with Gasteiger partial charge in [-0.3, -0.25) is 4.98 Å². The first kappa shape index (κ1) is 9.58. The van der Waals surface area contributed by atoms with E-state index in [4.69, 9.17) is 0 Å². The molecule has 0 atom stereocenters. The van der Waals surface area contributed by atoms with Gasteiger partial charge in [0.2, 0.25) is 0 Å². The Morgan fingerprint density at radius 3 is 2.93 bits per heavy atom. The van der Waals surface area contributed by atoms with Gasteiger partial charge >= 0.3 is 5.97 Å². The highest BCUT2D eigenvalue weighted by atomic mass is 19.1. The summed E-state index contributed by atoms with van der Waals surface area (Å²) in [6.45, 7) is 0. The molecule has 0 saturated carbocycles. The van der Waals surface area contributed by atoms with Gasteiger partial charge in [-0.05, 0) is 18.2 Å². The molecule has 0 aliphatic rings. The second-order valence-corrected chi connectivity index (χ2v) is 2.99. The molecule has 1 aromatic carbocycles. The third-order valence-electron chi connectivity index (χ3n) is 2.11. The number of carbonyl (C=O) groups excluding carboxylic acids is 1. The molecule has 1 heterocycles. The summed E-state index contributed by atoms with van der Waals surface area (Å²) in [5.74, 6) is -1.33. The third-order valence-corrected chi connectivity index (χ3v) is 2.11. The number of ether oxygens (including phenoxy) is 1. The zero-order chi connectivity index (χ0) is 10.8. The van der Waals surface area contributed by atoms with Gasteiger partial charge in [0.25, 0.3) is 0 Å². The minimum absolute atomic E-state index is 0.115. The number of aromatic nitrogens is 1. The van der Waals surface area contributed by atoms with Gasteiger partial charge in [0.15, 0.2) is 0 Å². The summed E-state index contributed by atoms with van der Waals surface area (Å²) in [5, 5.41) is 0.708. The molecule has 0 aliphatic carbocycles. The van der Waals surface area contributed by atoms with Gasteiger partial charge in [0.1, 0.15) is 11.4 Å². The summed E-state index contributed by atoms with van der Waals surface area (Å²) in [6, 6.07) is 6.29. The molecular formula is C11H8FNO2. The number of nitrogens with zero attached hydrogens (tertiary/aromatic N) is 1. The number of carbonyl (C=O) groups is 1. The Morgan fingerprint density at radius 1 is 1.40 bits per heavy atom. The van der Waals surface area contributed by atoms with E-state index in [-0.39, 0.29) is 5.56 Å². The summed E-state index contributed by atoms with van der Waals surface area (Å²) in [4.78, 5) is 15.3. The Balaban J connectivity index is 2.79. The molecule has 76 valence electrons. The Kier molecular flexibility index (Phi) is 2.33. The number of hydrogen-bond acceptors (Lipinski definition) is 3. The van der Waals surface area contributed by atoms with Crippen molar-refractivity contribution in [1.82, 2.24) is 4.98 Å². The first-order valence-electron chi connectivity index (χ1n) is 4.35. The fourth-order valence-corrected chi connectivity index (χ4v) is 1.42. The van der Waals surface area contributed by atoms with Crippen LogP contribution in [0.2, 0.25) is 0 Å². The standard InChI is InChI=1S/C11H8FNO2/c1-15-11(14)9-8(12)5-4-7-3-2-6-13-10(7)9/h2-6H,1H3. The zero-order valence-corrected chi connectivity index (χ0v) is 8.03. The average Bonchev–Trinajstić information content (AvgIpc) is 2.28. The van der Waals surface area contributed by atoms with Gasteiger partial charge in [-0.15, -0.1) is 0 Å². The predicted molar refractivity (Wildman–Crippen MR) is 53.0 cm³/mol. The first-order chi connectivity index (χ1) is 7.24. The van der Waals surface area contributed by atoms with Crippen LogP contribution in [0.4, 0.5) is 4.39 Å². The molecule has 0 saturated heterocycles. The van der Waals surface area contributed by atoms with Gasteiger partial charge < -0.3 is 4.74 Å². The van der Waals surface area contributed by atoms with Crippen molar-refractivity contribution in [2.75, 3.05) is 7.11 Å². The lowest BCUT2D eigenvalue weighted by Crippen LogP contribution is -2.06. The van der Waals surface area contributed by atoms with Crippen LogP contribution in [-0.4, -0.2) is 18.1 Å². The van der Waals surface area contributed by atoms with Crippen LogP contribution in [0.15, 0.2) is 30.5 Å². The third kappa shape index (κ3) is 1.54. The number of benzene rings is 1. The van der Waals surface area contributed by atoms with E-state index < -0.39 is 11.8 Å². The largest absolute Gasteiger partial charge is 0.465 e. The number of fused-ring (bicyclic) bond motifs is 1. The maximum atomic E-state index is 13.4. The SMILES string of the molecule is COC(=O)c1c(F)ccc2cccnc12. The lowest BCUT2D eigenvalue weighted by molar-refractivity contribution is 0.0597. The Bertz CT molecular complexity index is 525. The highest BCUT2D eigenvalue weighted by molar-refractivity contribution is 6.02. The highest BCUT2D eigenvalue weighted by Crippen LogP contribution is 2.19. The number of esters is 1. The van der Waals surface area contributed by atoms with Gasteiger partial charge in [0, 0.05) is 11.6 Å². The lowest BCUT2D eigenvalue weighted by Gasteiger charge is -2.04. The molecule has 0 amide bonds. The molecule has 0 unspecified atom stereocenters. The van der Waals surface area contributed by atoms with Crippen LogP contribution < -0.4 is 0 Å². The van der Waals surface area contributed by atoms with E-state index in [1.807, 2.05) is 0 Å². The van der Waals surface area contributed by atoms with E-state index in [1.54, 1.807) is 18.2 Å². The molecule has 0 N–H and O–H groups in total. The Hall–Kier alpha value is -1.97. The van der Waals surface area contributed by atoms with E-state index in [2.05, 4.69) is 9.72 Å². The van der Waals surface area contributed by atoms with Crippen LogP contribution in [0, 0.1) is 5.82 Å². The van der Waals surface area contributed by atoms with Gasteiger partial charge in [-0.2, -0.15) is 0 Å². The normalized spacial score (nSPS) is 10.3. The van der Waals surface area contributed by atoms with Crippen molar-refractivity contribution in [3.05, 3.63) is 41.8 Å². The molecule has 3 nitrogen and oxygen atoms in total. The predicted octanol–water partition coefficient (Wildman–Crippen LogP) is 2.16. The maximum Gasteiger partial charge on any atom is 0.343 e. The van der Waals surface area contributed by atoms with Crippen molar-refractivity contribution >= 4 is 16.9 Å². The second-order valence-electron chi connectivity index (χ2n) is 2.99. The van der Waals surface area contributed by atoms with E-state index in [9.17, 15) is 9.18 Å². The van der Waals surface area contributed by atoms with Crippen molar-refractivity contribution in [1.29, 1.82) is 0 Å². The summed E-state index contributed by atoms with van der Waals surface area (Å²) >= 11 is 0. The van der Waals surface area contributed by atoms with Crippen molar-refractivity contribution in [3.63, 3.8) is 0 Å². The molecule has 1 aromatic heterocycles. The average molecular weight is 205 g/mol. The van der Waals surface area contributed by atoms with Crippen LogP contribution in [0.5, 0.6) is 0 Å². The molecule has 0 radical (unpaired) electrons. The van der Waals surface area contributed by atoms with Crippen LogP contribution >= 0.6 is 0 Å². The van der Waals surface area contributed by atoms with Gasteiger partial charge in [0.05, 0.1) is 12.6 Å². The molecule has 4 heteroatoms. The number of hydrogen-bond donors (Lipinski definition) is 0. The van der Waals surface area contributed by atoms with E-state index in [1.165, 1.54) is 19.4 Å². The molecule has 0 aliphatic heterocycles. The van der Waals surface area contributed by atoms with Crippen LogP contribution in [-0.2, 0) is 4.74 Å². The molecule has 15 heavy (non-hydrogen) atoms. The zero-order valence-electron chi connectivity index (χ0n) is 8.03. The van der Waals surface area contributed by atoms with Crippen molar-refractivity contribution in [2.24, 2.45) is 0 Å². The molecule has 2 aromatic rings. The Morgan fingerprint density at radius 2 is 2.20 bits per heavy atom. The van der Waals surface area contributed by atoms with E-state index >= 15 is 0 Å². The summed E-state index contributed by atoms with van der Waals surface area (Å²) in [7, 11) is 1.21. The number of halogens is 1. The first-order valence-corrected chi connectivity index (χ1v) is 4.35. The lowest BCUT2D eigenvalue weighted by atomic mass is 10.1. The summed E-state index contributed by atoms with van der Waals surface area (Å²) < 4.78 is 17.9. The second kappa shape index (κ2) is 3.65. The maximum absolute atomic E-state index is 13.4. The van der Waals surface area contributed by atoms with Crippen molar-refractivity contribution in [2.45, 2.75) is 0 Å². The van der Waals surface area contributed by atoms with Crippen LogP contribution in [0.1, 0.15) is 10.4 Å². The summed E-state index contributed by atoms with van der Waals surface area (Å²) in [5.41, 5.74) is 0.208. The minimum Gasteiger partial charge on any atom is -0.465 e. The smallest absolute Gasteiger partial charge is 0.343 e. The van der Waals surface area contributed by atoms with Crippen molar-refractivity contribution < 1.29 is 13.9 Å². The Labute approximate surface area is 85.5 Å². The molecule has 2 rings (SSSR count). The van der Waals surface area contributed by atoms with Crippen LogP contribution in [0.3, 0.4) is 0 Å². The minimum atomic E-state index is -0.711. The van der Waals surface area contributed by atoms with Gasteiger partial charge in [-0.25, -0.2) is 9.18 Å². The van der Waals surface area contributed by atoms with E-state index in [0.29, 0.717) is 10.9 Å². The van der Waals surface area contributed by atoms with E-state index in [0.717, 1.165) is 0 Å². The highest BCUT2D eigenvalue weighted by Gasteiger charge is 2.16.